The highest BCUT2D eigenvalue weighted by atomic mass is 16.4. The molecule has 0 spiro atoms. The molecule has 3 nitrogen and oxygen atoms in total. The van der Waals surface area contributed by atoms with Gasteiger partial charge in [-0.2, -0.15) is 0 Å². The van der Waals surface area contributed by atoms with E-state index in [2.05, 4.69) is 5.32 Å². The lowest BCUT2D eigenvalue weighted by Gasteiger charge is -2.07. The highest BCUT2D eigenvalue weighted by molar-refractivity contribution is 5.74. The van der Waals surface area contributed by atoms with Crippen molar-refractivity contribution in [3.8, 4) is 0 Å². The number of carboxylic acids is 1. The van der Waals surface area contributed by atoms with Crippen LogP contribution in [0.1, 0.15) is 13.3 Å². The van der Waals surface area contributed by atoms with Crippen molar-refractivity contribution >= 4 is 5.97 Å². The predicted octanol–water partition coefficient (Wildman–Crippen LogP) is 0.0690. The summed E-state index contributed by atoms with van der Waals surface area (Å²) in [5.41, 5.74) is 0. The average Bonchev–Trinajstić information content (AvgIpc) is 2.13. The van der Waals surface area contributed by atoms with Gasteiger partial charge >= 0.3 is 5.97 Å². The molecule has 2 atom stereocenters. The van der Waals surface area contributed by atoms with Crippen LogP contribution in [-0.4, -0.2) is 23.7 Å². The van der Waals surface area contributed by atoms with Crippen molar-refractivity contribution in [2.75, 3.05) is 6.54 Å². The number of hydrogen-bond donors (Lipinski definition) is 2. The summed E-state index contributed by atoms with van der Waals surface area (Å²) < 4.78 is 0. The molecule has 0 saturated carbocycles. The summed E-state index contributed by atoms with van der Waals surface area (Å²) in [5.74, 6) is -0.428. The van der Waals surface area contributed by atoms with Gasteiger partial charge < -0.3 is 10.4 Å². The van der Waals surface area contributed by atoms with Crippen LogP contribution in [-0.2, 0) is 4.79 Å². The van der Waals surface area contributed by atoms with E-state index in [-0.39, 0.29) is 6.04 Å². The van der Waals surface area contributed by atoms with Gasteiger partial charge in [0.05, 0.1) is 0 Å². The molecule has 1 aliphatic rings. The maximum atomic E-state index is 10.3. The van der Waals surface area contributed by atoms with Crippen molar-refractivity contribution < 1.29 is 9.90 Å². The van der Waals surface area contributed by atoms with Crippen molar-refractivity contribution in [1.82, 2.24) is 5.32 Å². The second-order valence-electron chi connectivity index (χ2n) is 2.54. The Bertz CT molecular complexity index is 124. The van der Waals surface area contributed by atoms with Crippen molar-refractivity contribution in [3.63, 3.8) is 0 Å². The summed E-state index contributed by atoms with van der Waals surface area (Å²) in [6.45, 7) is 2.80. The van der Waals surface area contributed by atoms with E-state index in [9.17, 15) is 4.79 Å². The molecule has 3 heteroatoms. The van der Waals surface area contributed by atoms with Gasteiger partial charge in [-0.15, -0.1) is 0 Å². The topological polar surface area (TPSA) is 49.3 Å². The Labute approximate surface area is 54.1 Å². The van der Waals surface area contributed by atoms with E-state index in [1.54, 1.807) is 0 Å². The molecule has 0 aromatic carbocycles. The summed E-state index contributed by atoms with van der Waals surface area (Å²) in [5, 5.41) is 11.4. The van der Waals surface area contributed by atoms with Crippen molar-refractivity contribution in [3.05, 3.63) is 0 Å². The first-order valence-electron chi connectivity index (χ1n) is 3.18. The summed E-state index contributed by atoms with van der Waals surface area (Å²) in [7, 11) is 0. The molecular formula is C6H11NO2. The van der Waals surface area contributed by atoms with Gasteiger partial charge in [0.2, 0.25) is 0 Å². The predicted molar refractivity (Wildman–Crippen MR) is 33.2 cm³/mol. The van der Waals surface area contributed by atoms with E-state index in [0.717, 1.165) is 13.0 Å². The molecule has 0 aliphatic carbocycles. The van der Waals surface area contributed by atoms with Crippen LogP contribution in [0.15, 0.2) is 0 Å². The number of carbonyl (C=O) groups is 1. The fraction of sp³-hybridized carbons (Fsp3) is 0.833. The van der Waals surface area contributed by atoms with Crippen LogP contribution < -0.4 is 5.32 Å². The molecule has 0 bridgehead atoms. The zero-order chi connectivity index (χ0) is 6.85. The van der Waals surface area contributed by atoms with E-state index in [0.29, 0.717) is 5.92 Å². The van der Waals surface area contributed by atoms with Gasteiger partial charge in [0.25, 0.3) is 0 Å². The monoisotopic (exact) mass is 129 g/mol. The molecule has 0 aromatic rings. The lowest BCUT2D eigenvalue weighted by molar-refractivity contribution is -0.139. The number of carboxylic acid groups (broad SMARTS) is 1. The Morgan fingerprint density at radius 1 is 1.78 bits per heavy atom. The van der Waals surface area contributed by atoms with Crippen LogP contribution in [0.5, 0.6) is 0 Å². The first-order chi connectivity index (χ1) is 4.22. The maximum Gasteiger partial charge on any atom is 0.320 e. The minimum Gasteiger partial charge on any atom is -0.480 e. The van der Waals surface area contributed by atoms with Crippen molar-refractivity contribution in [1.29, 1.82) is 0 Å². The molecule has 0 amide bonds. The molecular weight excluding hydrogens is 118 g/mol. The zero-order valence-electron chi connectivity index (χ0n) is 5.42. The first kappa shape index (κ1) is 6.55. The summed E-state index contributed by atoms with van der Waals surface area (Å²) in [6.07, 6.45) is 0.983. The molecule has 52 valence electrons. The smallest absolute Gasteiger partial charge is 0.320 e. The summed E-state index contributed by atoms with van der Waals surface area (Å²) in [4.78, 5) is 10.3. The fourth-order valence-electron chi connectivity index (χ4n) is 1.17. The number of rotatable bonds is 1. The Morgan fingerprint density at radius 2 is 2.44 bits per heavy atom. The lowest BCUT2D eigenvalue weighted by atomic mass is 10.0. The highest BCUT2D eigenvalue weighted by Crippen LogP contribution is 2.13. The van der Waals surface area contributed by atoms with Crippen LogP contribution in [0.3, 0.4) is 0 Å². The number of aliphatic carboxylic acids is 1. The third-order valence-electron chi connectivity index (χ3n) is 1.80. The van der Waals surface area contributed by atoms with Crippen LogP contribution in [0.2, 0.25) is 0 Å². The second-order valence-corrected chi connectivity index (χ2v) is 2.54. The third-order valence-corrected chi connectivity index (χ3v) is 1.80. The van der Waals surface area contributed by atoms with Crippen molar-refractivity contribution in [2.24, 2.45) is 5.92 Å². The SMILES string of the molecule is CC1CCN[C@H]1C(=O)O. The largest absolute Gasteiger partial charge is 0.480 e. The Hall–Kier alpha value is -0.570. The van der Waals surface area contributed by atoms with E-state index in [1.807, 2.05) is 6.92 Å². The molecule has 1 saturated heterocycles. The molecule has 1 aliphatic heterocycles. The van der Waals surface area contributed by atoms with Gasteiger partial charge in [-0.1, -0.05) is 6.92 Å². The molecule has 0 radical (unpaired) electrons. The van der Waals surface area contributed by atoms with Crippen LogP contribution >= 0.6 is 0 Å². The minimum atomic E-state index is -0.722. The first-order valence-corrected chi connectivity index (χ1v) is 3.18. The normalized spacial score (nSPS) is 34.8. The van der Waals surface area contributed by atoms with E-state index < -0.39 is 5.97 Å². The third kappa shape index (κ3) is 1.21. The van der Waals surface area contributed by atoms with E-state index >= 15 is 0 Å². The lowest BCUT2D eigenvalue weighted by Crippen LogP contribution is -2.34. The number of hydrogen-bond acceptors (Lipinski definition) is 2. The maximum absolute atomic E-state index is 10.3. The van der Waals surface area contributed by atoms with Gasteiger partial charge in [-0.3, -0.25) is 4.79 Å². The molecule has 1 heterocycles. The molecule has 1 fully saturated rings. The second kappa shape index (κ2) is 2.35. The Balaban J connectivity index is 2.49. The quantitative estimate of drug-likeness (QED) is 0.526. The van der Waals surface area contributed by atoms with Gasteiger partial charge in [0.1, 0.15) is 6.04 Å². The van der Waals surface area contributed by atoms with Crippen LogP contribution in [0, 0.1) is 5.92 Å². The molecule has 1 rings (SSSR count). The number of nitrogens with one attached hydrogen (secondary N) is 1. The summed E-state index contributed by atoms with van der Waals surface area (Å²) >= 11 is 0. The molecule has 1 unspecified atom stereocenters. The van der Waals surface area contributed by atoms with E-state index in [4.69, 9.17) is 5.11 Å². The zero-order valence-corrected chi connectivity index (χ0v) is 5.42. The Morgan fingerprint density at radius 3 is 2.67 bits per heavy atom. The van der Waals surface area contributed by atoms with Crippen LogP contribution in [0.25, 0.3) is 0 Å². The highest BCUT2D eigenvalue weighted by Gasteiger charge is 2.28. The van der Waals surface area contributed by atoms with Gasteiger partial charge in [-0.05, 0) is 18.9 Å². The molecule has 0 aromatic heterocycles. The molecule has 2 N–H and O–H groups in total. The fourth-order valence-corrected chi connectivity index (χ4v) is 1.17. The minimum absolute atomic E-state index is 0.294. The van der Waals surface area contributed by atoms with Gasteiger partial charge in [0, 0.05) is 0 Å². The average molecular weight is 129 g/mol. The molecule has 9 heavy (non-hydrogen) atoms. The van der Waals surface area contributed by atoms with E-state index in [1.165, 1.54) is 0 Å². The van der Waals surface area contributed by atoms with Gasteiger partial charge in [0.15, 0.2) is 0 Å². The Kier molecular flexibility index (Phi) is 1.71. The van der Waals surface area contributed by atoms with Gasteiger partial charge in [-0.25, -0.2) is 0 Å². The standard InChI is InChI=1S/C6H11NO2/c1-4-2-3-7-5(4)6(8)9/h4-5,7H,2-3H2,1H3,(H,8,9)/t4?,5-/m1/s1. The van der Waals surface area contributed by atoms with Crippen LogP contribution in [0.4, 0.5) is 0 Å². The van der Waals surface area contributed by atoms with Crippen molar-refractivity contribution in [2.45, 2.75) is 19.4 Å². The summed E-state index contributed by atoms with van der Waals surface area (Å²) in [6, 6.07) is -0.301.